The van der Waals surface area contributed by atoms with E-state index in [4.69, 9.17) is 0 Å². The van der Waals surface area contributed by atoms with Gasteiger partial charge in [-0.05, 0) is 53.3 Å². The van der Waals surface area contributed by atoms with Gasteiger partial charge in [-0.25, -0.2) is 4.98 Å². The molecule has 0 aliphatic carbocycles. The van der Waals surface area contributed by atoms with Gasteiger partial charge in [-0.15, -0.1) is 0 Å². The maximum Gasteiger partial charge on any atom is 0.137 e. The first-order chi connectivity index (χ1) is 12.2. The highest BCUT2D eigenvalue weighted by Gasteiger charge is 2.08. The van der Waals surface area contributed by atoms with Crippen LogP contribution in [-0.4, -0.2) is 14.4 Å². The van der Waals surface area contributed by atoms with Gasteiger partial charge in [0, 0.05) is 24.2 Å². The van der Waals surface area contributed by atoms with Crippen LogP contribution in [0.1, 0.15) is 19.4 Å². The standard InChI is InChI=1S/C22H21N3/c1-16(2)13-17-3-5-19(6-4-17)21-15-24-22-14-20(9-12-25(21)22)18-7-10-23-11-8-18/h3-12,14-16H,13H2,1-2H3. The van der Waals surface area contributed by atoms with Crippen molar-refractivity contribution in [2.24, 2.45) is 5.92 Å². The quantitative estimate of drug-likeness (QED) is 0.511. The Bertz CT molecular complexity index is 983. The van der Waals surface area contributed by atoms with Crippen LogP contribution in [0.5, 0.6) is 0 Å². The number of rotatable bonds is 4. The maximum absolute atomic E-state index is 4.60. The Labute approximate surface area is 148 Å². The second-order valence-electron chi connectivity index (χ2n) is 6.82. The van der Waals surface area contributed by atoms with Gasteiger partial charge in [0.25, 0.3) is 0 Å². The minimum atomic E-state index is 0.674. The first kappa shape index (κ1) is 15.6. The minimum absolute atomic E-state index is 0.674. The molecule has 0 bridgehead atoms. The molecule has 4 rings (SSSR count). The van der Waals surface area contributed by atoms with Gasteiger partial charge in [-0.2, -0.15) is 0 Å². The fourth-order valence-corrected chi connectivity index (χ4v) is 3.20. The first-order valence-electron chi connectivity index (χ1n) is 8.67. The second-order valence-corrected chi connectivity index (χ2v) is 6.82. The van der Waals surface area contributed by atoms with Crippen LogP contribution < -0.4 is 0 Å². The Morgan fingerprint density at radius 3 is 2.36 bits per heavy atom. The fourth-order valence-electron chi connectivity index (χ4n) is 3.20. The average Bonchev–Trinajstić information content (AvgIpc) is 3.06. The van der Waals surface area contributed by atoms with Gasteiger partial charge in [0.1, 0.15) is 5.65 Å². The Hall–Kier alpha value is -2.94. The molecule has 0 aliphatic rings. The van der Waals surface area contributed by atoms with Gasteiger partial charge < -0.3 is 0 Å². The minimum Gasteiger partial charge on any atom is -0.300 e. The number of aromatic nitrogens is 3. The summed E-state index contributed by atoms with van der Waals surface area (Å²) in [7, 11) is 0. The zero-order valence-corrected chi connectivity index (χ0v) is 14.6. The normalized spacial score (nSPS) is 11.3. The number of imidazole rings is 1. The molecule has 0 N–H and O–H groups in total. The van der Waals surface area contributed by atoms with Crippen molar-refractivity contribution in [1.29, 1.82) is 0 Å². The molecule has 124 valence electrons. The van der Waals surface area contributed by atoms with Crippen LogP contribution in [0.4, 0.5) is 0 Å². The molecule has 3 nitrogen and oxygen atoms in total. The molecule has 3 heterocycles. The van der Waals surface area contributed by atoms with E-state index in [-0.39, 0.29) is 0 Å². The molecule has 4 aromatic rings. The molecule has 0 spiro atoms. The molecule has 0 amide bonds. The zero-order chi connectivity index (χ0) is 17.2. The summed E-state index contributed by atoms with van der Waals surface area (Å²) < 4.78 is 2.14. The number of nitrogens with zero attached hydrogens (tertiary/aromatic N) is 3. The first-order valence-corrected chi connectivity index (χ1v) is 8.67. The van der Waals surface area contributed by atoms with Crippen molar-refractivity contribution >= 4 is 5.65 Å². The molecule has 0 atom stereocenters. The van der Waals surface area contributed by atoms with Crippen LogP contribution >= 0.6 is 0 Å². The molecule has 3 aromatic heterocycles. The summed E-state index contributed by atoms with van der Waals surface area (Å²) in [5.41, 5.74) is 6.95. The third kappa shape index (κ3) is 3.18. The van der Waals surface area contributed by atoms with Crippen LogP contribution in [-0.2, 0) is 6.42 Å². The highest BCUT2D eigenvalue weighted by Crippen LogP contribution is 2.25. The van der Waals surface area contributed by atoms with E-state index in [2.05, 4.69) is 70.8 Å². The molecule has 0 unspecified atom stereocenters. The molecule has 3 heteroatoms. The number of benzene rings is 1. The van der Waals surface area contributed by atoms with Crippen LogP contribution in [0.2, 0.25) is 0 Å². The molecule has 25 heavy (non-hydrogen) atoms. The van der Waals surface area contributed by atoms with Crippen LogP contribution in [0.25, 0.3) is 28.0 Å². The molecule has 0 saturated heterocycles. The van der Waals surface area contributed by atoms with Crippen molar-refractivity contribution in [2.45, 2.75) is 20.3 Å². The molecule has 0 aliphatic heterocycles. The summed E-state index contributed by atoms with van der Waals surface area (Å²) >= 11 is 0. The largest absolute Gasteiger partial charge is 0.300 e. The van der Waals surface area contributed by atoms with Crippen molar-refractivity contribution in [2.75, 3.05) is 0 Å². The van der Waals surface area contributed by atoms with Crippen molar-refractivity contribution < 1.29 is 0 Å². The zero-order valence-electron chi connectivity index (χ0n) is 14.6. The Morgan fingerprint density at radius 2 is 1.64 bits per heavy atom. The fraction of sp³-hybridized carbons (Fsp3) is 0.182. The van der Waals surface area contributed by atoms with Crippen molar-refractivity contribution in [3.8, 4) is 22.4 Å². The third-order valence-electron chi connectivity index (χ3n) is 4.42. The van der Waals surface area contributed by atoms with Crippen LogP contribution in [0.15, 0.2) is 73.3 Å². The van der Waals surface area contributed by atoms with E-state index in [0.717, 1.165) is 28.9 Å². The molecule has 1 aromatic carbocycles. The Balaban J connectivity index is 1.69. The van der Waals surface area contributed by atoms with Crippen molar-refractivity contribution in [3.05, 3.63) is 78.9 Å². The van der Waals surface area contributed by atoms with Gasteiger partial charge in [0.2, 0.25) is 0 Å². The predicted octanol–water partition coefficient (Wildman–Crippen LogP) is 5.26. The number of fused-ring (bicyclic) bond motifs is 1. The monoisotopic (exact) mass is 327 g/mol. The Morgan fingerprint density at radius 1 is 0.880 bits per heavy atom. The van der Waals surface area contributed by atoms with Gasteiger partial charge >= 0.3 is 0 Å². The smallest absolute Gasteiger partial charge is 0.137 e. The highest BCUT2D eigenvalue weighted by molar-refractivity contribution is 5.70. The third-order valence-corrected chi connectivity index (χ3v) is 4.42. The Kier molecular flexibility index (Phi) is 4.06. The van der Waals surface area contributed by atoms with Crippen LogP contribution in [0, 0.1) is 5.92 Å². The predicted molar refractivity (Wildman–Crippen MR) is 102 cm³/mol. The maximum atomic E-state index is 4.60. The van der Waals surface area contributed by atoms with Gasteiger partial charge in [0.05, 0.1) is 11.9 Å². The highest BCUT2D eigenvalue weighted by atomic mass is 15.0. The van der Waals surface area contributed by atoms with E-state index in [1.807, 2.05) is 30.7 Å². The molecular formula is C22H21N3. The van der Waals surface area contributed by atoms with E-state index in [1.165, 1.54) is 11.1 Å². The van der Waals surface area contributed by atoms with E-state index in [9.17, 15) is 0 Å². The molecule has 0 saturated carbocycles. The summed E-state index contributed by atoms with van der Waals surface area (Å²) in [6.07, 6.45) is 8.78. The summed E-state index contributed by atoms with van der Waals surface area (Å²) in [5.74, 6) is 0.674. The summed E-state index contributed by atoms with van der Waals surface area (Å²) in [6, 6.07) is 17.1. The SMILES string of the molecule is CC(C)Cc1ccc(-c2cnc3cc(-c4ccncc4)ccn23)cc1. The van der Waals surface area contributed by atoms with Crippen LogP contribution in [0.3, 0.4) is 0 Å². The second kappa shape index (κ2) is 6.52. The van der Waals surface area contributed by atoms with Crippen molar-refractivity contribution in [3.63, 3.8) is 0 Å². The molecular weight excluding hydrogens is 306 g/mol. The summed E-state index contributed by atoms with van der Waals surface area (Å²) in [5, 5.41) is 0. The molecule has 0 radical (unpaired) electrons. The van der Waals surface area contributed by atoms with Gasteiger partial charge in [-0.1, -0.05) is 38.1 Å². The lowest BCUT2D eigenvalue weighted by Gasteiger charge is -2.07. The lowest BCUT2D eigenvalue weighted by molar-refractivity contribution is 0.647. The summed E-state index contributed by atoms with van der Waals surface area (Å²) in [4.78, 5) is 8.68. The van der Waals surface area contributed by atoms with Gasteiger partial charge in [-0.3, -0.25) is 9.38 Å². The lowest BCUT2D eigenvalue weighted by Crippen LogP contribution is -1.94. The van der Waals surface area contributed by atoms with E-state index in [0.29, 0.717) is 5.92 Å². The lowest BCUT2D eigenvalue weighted by atomic mass is 10.0. The average molecular weight is 327 g/mol. The van der Waals surface area contributed by atoms with E-state index >= 15 is 0 Å². The topological polar surface area (TPSA) is 30.2 Å². The number of hydrogen-bond acceptors (Lipinski definition) is 2. The van der Waals surface area contributed by atoms with E-state index < -0.39 is 0 Å². The number of hydrogen-bond donors (Lipinski definition) is 0. The van der Waals surface area contributed by atoms with Crippen molar-refractivity contribution in [1.82, 2.24) is 14.4 Å². The summed E-state index contributed by atoms with van der Waals surface area (Å²) in [6.45, 7) is 4.50. The van der Waals surface area contributed by atoms with E-state index in [1.54, 1.807) is 0 Å². The molecule has 0 fully saturated rings. The number of pyridine rings is 2. The van der Waals surface area contributed by atoms with Gasteiger partial charge in [0.15, 0.2) is 0 Å².